The fourth-order valence-corrected chi connectivity index (χ4v) is 3.01. The van der Waals surface area contributed by atoms with Gasteiger partial charge in [-0.05, 0) is 24.7 Å². The van der Waals surface area contributed by atoms with Crippen LogP contribution in [0.3, 0.4) is 0 Å². The van der Waals surface area contributed by atoms with Crippen LogP contribution in [0.5, 0.6) is 0 Å². The molecule has 1 unspecified atom stereocenters. The molecule has 1 aromatic rings. The highest BCUT2D eigenvalue weighted by Crippen LogP contribution is 2.36. The third kappa shape index (κ3) is 2.84. The van der Waals surface area contributed by atoms with Crippen LogP contribution in [0.2, 0.25) is 0 Å². The number of aromatic nitrogens is 1. The number of nitrogens with one attached hydrogen (secondary N) is 1. The predicted octanol–water partition coefficient (Wildman–Crippen LogP) is 3.11. The minimum atomic E-state index is 0.471. The zero-order valence-electron chi connectivity index (χ0n) is 9.42. The molecule has 4 heteroatoms. The van der Waals surface area contributed by atoms with Gasteiger partial charge in [0.1, 0.15) is 5.00 Å². The zero-order chi connectivity index (χ0) is 10.9. The summed E-state index contributed by atoms with van der Waals surface area (Å²) in [5.41, 5.74) is 6.12. The largest absolute Gasteiger partial charge is 0.389 e. The second-order valence-electron chi connectivity index (χ2n) is 5.17. The molecule has 84 valence electrons. The Hall–Kier alpha value is -0.770. The smallest absolute Gasteiger partial charge is 0.184 e. The van der Waals surface area contributed by atoms with E-state index in [1.54, 1.807) is 6.20 Å². The van der Waals surface area contributed by atoms with Gasteiger partial charge in [-0.2, -0.15) is 0 Å². The summed E-state index contributed by atoms with van der Waals surface area (Å²) in [4.78, 5) is 4.24. The topological polar surface area (TPSA) is 50.9 Å². The molecule has 0 aliphatic heterocycles. The molecule has 1 saturated carbocycles. The molecule has 1 aliphatic rings. The Morgan fingerprint density at radius 1 is 1.60 bits per heavy atom. The number of rotatable bonds is 2. The van der Waals surface area contributed by atoms with Crippen molar-refractivity contribution in [3.63, 3.8) is 0 Å². The van der Waals surface area contributed by atoms with E-state index in [2.05, 4.69) is 24.1 Å². The second kappa shape index (κ2) is 4.00. The van der Waals surface area contributed by atoms with Crippen LogP contribution in [0.25, 0.3) is 0 Å². The Morgan fingerprint density at radius 3 is 3.00 bits per heavy atom. The molecule has 1 atom stereocenters. The van der Waals surface area contributed by atoms with E-state index in [4.69, 9.17) is 5.73 Å². The third-order valence-electron chi connectivity index (χ3n) is 3.06. The lowest BCUT2D eigenvalue weighted by Crippen LogP contribution is -2.31. The van der Waals surface area contributed by atoms with Gasteiger partial charge in [-0.25, -0.2) is 4.98 Å². The average molecular weight is 225 g/mol. The maximum absolute atomic E-state index is 5.65. The maximum atomic E-state index is 5.65. The van der Waals surface area contributed by atoms with Crippen molar-refractivity contribution in [3.05, 3.63) is 6.20 Å². The number of thiazole rings is 1. The fraction of sp³-hybridized carbons (Fsp3) is 0.727. The van der Waals surface area contributed by atoms with E-state index in [9.17, 15) is 0 Å². The van der Waals surface area contributed by atoms with Crippen molar-refractivity contribution in [1.82, 2.24) is 4.98 Å². The molecule has 15 heavy (non-hydrogen) atoms. The van der Waals surface area contributed by atoms with Crippen molar-refractivity contribution < 1.29 is 0 Å². The Balaban J connectivity index is 1.95. The molecule has 0 amide bonds. The highest BCUT2D eigenvalue weighted by molar-refractivity contribution is 7.19. The second-order valence-corrected chi connectivity index (χ2v) is 6.23. The van der Waals surface area contributed by atoms with Crippen molar-refractivity contribution in [3.8, 4) is 0 Å². The summed E-state index contributed by atoms with van der Waals surface area (Å²) < 4.78 is 0. The van der Waals surface area contributed by atoms with Gasteiger partial charge >= 0.3 is 0 Å². The van der Waals surface area contributed by atoms with Crippen LogP contribution in [0.4, 0.5) is 10.1 Å². The Morgan fingerprint density at radius 2 is 2.40 bits per heavy atom. The SMILES string of the molecule is CC1(C)CCCC(Nc2ncc(N)s2)C1. The monoisotopic (exact) mass is 225 g/mol. The number of nitrogens with zero attached hydrogens (tertiary/aromatic N) is 1. The number of nitrogens with two attached hydrogens (primary N) is 1. The van der Waals surface area contributed by atoms with Gasteiger partial charge in [0.15, 0.2) is 5.13 Å². The Labute approximate surface area is 95.1 Å². The van der Waals surface area contributed by atoms with Gasteiger partial charge < -0.3 is 11.1 Å². The van der Waals surface area contributed by atoms with Gasteiger partial charge in [0, 0.05) is 6.04 Å². The number of anilines is 2. The maximum Gasteiger partial charge on any atom is 0.184 e. The molecular weight excluding hydrogens is 206 g/mol. The van der Waals surface area contributed by atoms with Gasteiger partial charge in [0.25, 0.3) is 0 Å². The summed E-state index contributed by atoms with van der Waals surface area (Å²) in [6.07, 6.45) is 6.85. The Bertz CT molecular complexity index is 332. The van der Waals surface area contributed by atoms with E-state index in [-0.39, 0.29) is 0 Å². The average Bonchev–Trinajstić information content (AvgIpc) is 2.49. The molecule has 1 fully saturated rings. The van der Waals surface area contributed by atoms with Crippen LogP contribution >= 0.6 is 11.3 Å². The van der Waals surface area contributed by atoms with E-state index >= 15 is 0 Å². The Kier molecular flexibility index (Phi) is 2.87. The summed E-state index contributed by atoms with van der Waals surface area (Å²) in [6, 6.07) is 0.569. The number of nitrogen functional groups attached to an aromatic ring is 1. The number of hydrogen-bond acceptors (Lipinski definition) is 4. The van der Waals surface area contributed by atoms with Crippen LogP contribution in [-0.2, 0) is 0 Å². The molecule has 0 spiro atoms. The van der Waals surface area contributed by atoms with Crippen molar-refractivity contribution in [1.29, 1.82) is 0 Å². The molecule has 1 aromatic heterocycles. The summed E-state index contributed by atoms with van der Waals surface area (Å²) in [5, 5.41) is 5.24. The third-order valence-corrected chi connectivity index (χ3v) is 3.81. The molecule has 0 aromatic carbocycles. The lowest BCUT2D eigenvalue weighted by atomic mass is 9.75. The normalized spacial score (nSPS) is 25.1. The lowest BCUT2D eigenvalue weighted by Gasteiger charge is -2.35. The van der Waals surface area contributed by atoms with Crippen molar-refractivity contribution in [2.24, 2.45) is 5.41 Å². The van der Waals surface area contributed by atoms with Gasteiger partial charge in [0.05, 0.1) is 6.20 Å². The summed E-state index contributed by atoms with van der Waals surface area (Å²) in [5.74, 6) is 0. The molecule has 3 nitrogen and oxygen atoms in total. The molecule has 0 saturated heterocycles. The molecule has 1 heterocycles. The van der Waals surface area contributed by atoms with Gasteiger partial charge in [-0.15, -0.1) is 0 Å². The first-order valence-electron chi connectivity index (χ1n) is 5.53. The molecule has 1 aliphatic carbocycles. The van der Waals surface area contributed by atoms with Crippen molar-refractivity contribution in [2.45, 2.75) is 45.6 Å². The van der Waals surface area contributed by atoms with Crippen molar-refractivity contribution in [2.75, 3.05) is 11.1 Å². The first-order valence-corrected chi connectivity index (χ1v) is 6.35. The highest BCUT2D eigenvalue weighted by atomic mass is 32.1. The summed E-state index contributed by atoms with van der Waals surface area (Å²) in [7, 11) is 0. The van der Waals surface area contributed by atoms with Crippen LogP contribution in [-0.4, -0.2) is 11.0 Å². The standard InChI is InChI=1S/C11H19N3S/c1-11(2)5-3-4-8(6-11)14-10-13-7-9(12)15-10/h7-8H,3-6,12H2,1-2H3,(H,13,14). The van der Waals surface area contributed by atoms with Crippen LogP contribution in [0.15, 0.2) is 6.20 Å². The number of hydrogen-bond donors (Lipinski definition) is 2. The lowest BCUT2D eigenvalue weighted by molar-refractivity contribution is 0.229. The zero-order valence-corrected chi connectivity index (χ0v) is 10.2. The quantitative estimate of drug-likeness (QED) is 0.813. The van der Waals surface area contributed by atoms with Crippen molar-refractivity contribution >= 4 is 21.5 Å². The van der Waals surface area contributed by atoms with Gasteiger partial charge in [-0.3, -0.25) is 0 Å². The van der Waals surface area contributed by atoms with E-state index in [0.717, 1.165) is 10.1 Å². The molecule has 3 N–H and O–H groups in total. The molecule has 0 bridgehead atoms. The highest BCUT2D eigenvalue weighted by Gasteiger charge is 2.28. The van der Waals surface area contributed by atoms with Crippen LogP contribution in [0.1, 0.15) is 39.5 Å². The summed E-state index contributed by atoms with van der Waals surface area (Å²) in [6.45, 7) is 4.69. The van der Waals surface area contributed by atoms with Crippen LogP contribution in [0, 0.1) is 5.41 Å². The predicted molar refractivity (Wildman–Crippen MR) is 66.2 cm³/mol. The summed E-state index contributed by atoms with van der Waals surface area (Å²) >= 11 is 1.54. The van der Waals surface area contributed by atoms with Crippen LogP contribution < -0.4 is 11.1 Å². The molecular formula is C11H19N3S. The van der Waals surface area contributed by atoms with Gasteiger partial charge in [0.2, 0.25) is 0 Å². The van der Waals surface area contributed by atoms with E-state index in [1.165, 1.54) is 37.0 Å². The van der Waals surface area contributed by atoms with E-state index < -0.39 is 0 Å². The minimum absolute atomic E-state index is 0.471. The minimum Gasteiger partial charge on any atom is -0.389 e. The first kappa shape index (κ1) is 10.7. The van der Waals surface area contributed by atoms with E-state index in [1.807, 2.05) is 0 Å². The fourth-order valence-electron chi connectivity index (χ4n) is 2.35. The van der Waals surface area contributed by atoms with E-state index in [0.29, 0.717) is 11.5 Å². The molecule has 2 rings (SSSR count). The molecule has 0 radical (unpaired) electrons. The first-order chi connectivity index (χ1) is 7.05. The van der Waals surface area contributed by atoms with Gasteiger partial charge in [-0.1, -0.05) is 31.6 Å².